The van der Waals surface area contributed by atoms with Gasteiger partial charge in [-0.1, -0.05) is 0 Å². The van der Waals surface area contributed by atoms with Crippen molar-refractivity contribution < 1.29 is 23.6 Å². The second-order valence-electron chi connectivity index (χ2n) is 8.03. The number of aromatic nitrogens is 2. The molecule has 3 aromatic rings. The molecule has 0 saturated carbocycles. The number of nitrogens with zero attached hydrogens (tertiary/aromatic N) is 2. The van der Waals surface area contributed by atoms with Crippen LogP contribution in [0.3, 0.4) is 0 Å². The Bertz CT molecular complexity index is 1100. The van der Waals surface area contributed by atoms with Crippen molar-refractivity contribution in [2.45, 2.75) is 38.8 Å². The minimum Gasteiger partial charge on any atom is -0.497 e. The predicted molar refractivity (Wildman–Crippen MR) is 116 cm³/mol. The van der Waals surface area contributed by atoms with Gasteiger partial charge in [0.2, 0.25) is 5.78 Å². The van der Waals surface area contributed by atoms with E-state index in [0.29, 0.717) is 36.8 Å². The lowest BCUT2D eigenvalue weighted by molar-refractivity contribution is -0.690. The fourth-order valence-corrected chi connectivity index (χ4v) is 4.44. The summed E-state index contributed by atoms with van der Waals surface area (Å²) in [4.78, 5) is 13.2. The van der Waals surface area contributed by atoms with Crippen molar-refractivity contribution >= 4 is 5.78 Å². The summed E-state index contributed by atoms with van der Waals surface area (Å²) < 4.78 is 21.1. The van der Waals surface area contributed by atoms with Gasteiger partial charge in [0.05, 0.1) is 13.7 Å². The zero-order valence-electron chi connectivity index (χ0n) is 17.8. The molecule has 0 amide bonds. The lowest BCUT2D eigenvalue weighted by Gasteiger charge is -2.18. The molecule has 5 rings (SSSR count). The Morgan fingerprint density at radius 2 is 1.84 bits per heavy atom. The molecule has 6 nitrogen and oxygen atoms in total. The number of benzene rings is 2. The number of carbonyl (C=O) groups is 1. The largest absolute Gasteiger partial charge is 0.497 e. The van der Waals surface area contributed by atoms with Gasteiger partial charge in [0.25, 0.3) is 5.82 Å². The number of ketones is 1. The first-order valence-corrected chi connectivity index (χ1v) is 10.9. The number of ether oxygens (including phenoxy) is 3. The van der Waals surface area contributed by atoms with Gasteiger partial charge in [-0.25, -0.2) is 9.13 Å². The molecule has 0 spiro atoms. The lowest BCUT2D eigenvalue weighted by atomic mass is 10.1. The van der Waals surface area contributed by atoms with Gasteiger partial charge < -0.3 is 14.2 Å². The second kappa shape index (κ2) is 8.46. The average molecular weight is 420 g/mol. The van der Waals surface area contributed by atoms with E-state index >= 15 is 0 Å². The van der Waals surface area contributed by atoms with E-state index in [4.69, 9.17) is 14.2 Å². The lowest BCUT2D eigenvalue weighted by Crippen LogP contribution is -2.40. The molecule has 2 aliphatic rings. The molecule has 0 aliphatic carbocycles. The van der Waals surface area contributed by atoms with Gasteiger partial charge in [-0.15, -0.1) is 0 Å². The van der Waals surface area contributed by atoms with Crippen LogP contribution >= 0.6 is 0 Å². The van der Waals surface area contributed by atoms with Gasteiger partial charge in [0, 0.05) is 17.5 Å². The van der Waals surface area contributed by atoms with Gasteiger partial charge in [0.15, 0.2) is 23.7 Å². The molecule has 0 atom stereocenters. The molecule has 0 bridgehead atoms. The highest BCUT2D eigenvalue weighted by Crippen LogP contribution is 2.31. The second-order valence-corrected chi connectivity index (χ2v) is 8.03. The Labute approximate surface area is 182 Å². The molecule has 1 aromatic heterocycles. The molecule has 160 valence electrons. The van der Waals surface area contributed by atoms with E-state index < -0.39 is 0 Å². The Morgan fingerprint density at radius 1 is 1.03 bits per heavy atom. The Morgan fingerprint density at radius 3 is 2.65 bits per heavy atom. The number of carbonyl (C=O) groups excluding carboxylic acids is 1. The van der Waals surface area contributed by atoms with Gasteiger partial charge >= 0.3 is 0 Å². The van der Waals surface area contributed by atoms with Crippen molar-refractivity contribution in [3.05, 3.63) is 60.0 Å². The zero-order chi connectivity index (χ0) is 21.2. The Balaban J connectivity index is 1.47. The third kappa shape index (κ3) is 3.90. The van der Waals surface area contributed by atoms with Crippen LogP contribution in [0.2, 0.25) is 0 Å². The van der Waals surface area contributed by atoms with Crippen molar-refractivity contribution in [2.75, 3.05) is 20.3 Å². The number of methoxy groups -OCH3 is 1. The smallest absolute Gasteiger partial charge is 0.257 e. The summed E-state index contributed by atoms with van der Waals surface area (Å²) in [6.45, 7) is 2.34. The number of Topliss-reactive ketones (excluding diaryl/α,β-unsaturated/α-hetero) is 1. The molecule has 0 N–H and O–H groups in total. The van der Waals surface area contributed by atoms with Crippen LogP contribution in [0.5, 0.6) is 17.2 Å². The average Bonchev–Trinajstić information content (AvgIpc) is 2.98. The van der Waals surface area contributed by atoms with Gasteiger partial charge in [0.1, 0.15) is 25.2 Å². The molecular weight excluding hydrogens is 392 g/mol. The molecule has 0 radical (unpaired) electrons. The highest BCUT2D eigenvalue weighted by molar-refractivity contribution is 5.95. The fourth-order valence-electron chi connectivity index (χ4n) is 4.44. The van der Waals surface area contributed by atoms with Crippen LogP contribution in [0, 0.1) is 0 Å². The summed E-state index contributed by atoms with van der Waals surface area (Å²) >= 11 is 0. The van der Waals surface area contributed by atoms with Gasteiger partial charge in [-0.3, -0.25) is 4.79 Å². The maximum atomic E-state index is 13.2. The SMILES string of the molecule is COc1ccc(-c2c[n+](CC(=O)c3ccc4c(c3)OCCO4)c3n2CCCCC3)cc1. The molecule has 0 saturated heterocycles. The number of imidazole rings is 1. The van der Waals surface area contributed by atoms with Crippen LogP contribution in [-0.4, -0.2) is 30.7 Å². The minimum atomic E-state index is 0.0703. The van der Waals surface area contributed by atoms with E-state index in [1.807, 2.05) is 24.3 Å². The summed E-state index contributed by atoms with van der Waals surface area (Å²) in [7, 11) is 1.68. The number of hydrogen-bond donors (Lipinski definition) is 0. The molecule has 2 aromatic carbocycles. The third-order valence-corrected chi connectivity index (χ3v) is 6.06. The van der Waals surface area contributed by atoms with Crippen molar-refractivity contribution in [1.29, 1.82) is 0 Å². The van der Waals surface area contributed by atoms with E-state index in [1.54, 1.807) is 13.2 Å². The minimum absolute atomic E-state index is 0.0703. The standard InChI is InChI=1S/C25H27N2O4/c1-29-20-9-6-18(7-10-20)21-16-26(25-5-3-2-4-12-27(21)25)17-22(28)19-8-11-23-24(15-19)31-14-13-30-23/h6-11,15-16H,2-5,12-14,17H2,1H3/q+1. The highest BCUT2D eigenvalue weighted by atomic mass is 16.6. The van der Waals surface area contributed by atoms with Crippen LogP contribution in [-0.2, 0) is 19.5 Å². The summed E-state index contributed by atoms with van der Waals surface area (Å²) in [5.74, 6) is 3.48. The molecule has 2 aliphatic heterocycles. The van der Waals surface area contributed by atoms with Crippen LogP contribution < -0.4 is 18.8 Å². The van der Waals surface area contributed by atoms with Gasteiger partial charge in [-0.05, 0) is 61.7 Å². The van der Waals surface area contributed by atoms with Crippen molar-refractivity contribution in [2.24, 2.45) is 0 Å². The summed E-state index contributed by atoms with van der Waals surface area (Å²) in [5.41, 5.74) is 2.93. The van der Waals surface area contributed by atoms with Crippen LogP contribution in [0.25, 0.3) is 11.3 Å². The van der Waals surface area contributed by atoms with Crippen LogP contribution in [0.1, 0.15) is 35.4 Å². The maximum absolute atomic E-state index is 13.2. The first-order chi connectivity index (χ1) is 15.2. The highest BCUT2D eigenvalue weighted by Gasteiger charge is 2.27. The van der Waals surface area contributed by atoms with Crippen molar-refractivity contribution in [3.63, 3.8) is 0 Å². The monoisotopic (exact) mass is 419 g/mol. The summed E-state index contributed by atoms with van der Waals surface area (Å²) in [6.07, 6.45) is 6.61. The van der Waals surface area contributed by atoms with E-state index in [-0.39, 0.29) is 5.78 Å². The first-order valence-electron chi connectivity index (χ1n) is 10.9. The quantitative estimate of drug-likeness (QED) is 0.466. The third-order valence-electron chi connectivity index (χ3n) is 6.06. The first kappa shape index (κ1) is 19.7. The number of fused-ring (bicyclic) bond motifs is 2. The van der Waals surface area contributed by atoms with Crippen LogP contribution in [0.15, 0.2) is 48.7 Å². The molecule has 31 heavy (non-hydrogen) atoms. The Kier molecular flexibility index (Phi) is 5.37. The molecule has 3 heterocycles. The summed E-state index contributed by atoms with van der Waals surface area (Å²) in [6, 6.07) is 13.6. The van der Waals surface area contributed by atoms with Crippen molar-refractivity contribution in [3.8, 4) is 28.5 Å². The number of hydrogen-bond acceptors (Lipinski definition) is 4. The maximum Gasteiger partial charge on any atom is 0.257 e. The van der Waals surface area contributed by atoms with E-state index in [1.165, 1.54) is 12.2 Å². The number of rotatable bonds is 5. The summed E-state index contributed by atoms with van der Waals surface area (Å²) in [5, 5.41) is 0. The normalized spacial score (nSPS) is 15.1. The predicted octanol–water partition coefficient (Wildman–Crippen LogP) is 3.83. The Hall–Kier alpha value is -3.28. The van der Waals surface area contributed by atoms with Gasteiger partial charge in [-0.2, -0.15) is 0 Å². The van der Waals surface area contributed by atoms with Crippen molar-refractivity contribution in [1.82, 2.24) is 4.57 Å². The van der Waals surface area contributed by atoms with E-state index in [9.17, 15) is 4.79 Å². The van der Waals surface area contributed by atoms with Crippen LogP contribution in [0.4, 0.5) is 0 Å². The molecule has 6 heteroatoms. The zero-order valence-corrected chi connectivity index (χ0v) is 17.8. The molecular formula is C25H27N2O4+. The topological polar surface area (TPSA) is 53.6 Å². The molecule has 0 unspecified atom stereocenters. The molecule has 0 fully saturated rings. The van der Waals surface area contributed by atoms with E-state index in [0.717, 1.165) is 42.8 Å². The fraction of sp³-hybridized carbons (Fsp3) is 0.360. The van der Waals surface area contributed by atoms with E-state index in [2.05, 4.69) is 27.5 Å².